The van der Waals surface area contributed by atoms with E-state index in [0.29, 0.717) is 46.3 Å². The molecule has 4 fully saturated rings. The molecule has 0 atom stereocenters. The summed E-state index contributed by atoms with van der Waals surface area (Å²) < 4.78 is 16.6. The third-order valence-corrected chi connectivity index (χ3v) is 8.18. The van der Waals surface area contributed by atoms with Crippen molar-refractivity contribution in [3.05, 3.63) is 47.5 Å². The molecule has 34 heavy (non-hydrogen) atoms. The minimum absolute atomic E-state index is 0.0529. The van der Waals surface area contributed by atoms with Crippen molar-refractivity contribution in [1.82, 2.24) is 0 Å². The van der Waals surface area contributed by atoms with Gasteiger partial charge in [-0.2, -0.15) is 0 Å². The van der Waals surface area contributed by atoms with Gasteiger partial charge in [-0.1, -0.05) is 12.1 Å². The molecule has 2 aromatic carbocycles. The maximum atomic E-state index is 13.2. The molecule has 4 aliphatic carbocycles. The highest BCUT2D eigenvalue weighted by atomic mass is 16.5. The van der Waals surface area contributed by atoms with Gasteiger partial charge in [-0.05, 0) is 86.1 Å². The van der Waals surface area contributed by atoms with Gasteiger partial charge in [0, 0.05) is 17.2 Å². The highest BCUT2D eigenvalue weighted by molar-refractivity contribution is 6.35. The standard InChI is InChI=1S/C28H29NO5/c1-32-24-11-21-22(26(30)29-23(21)12-25(24)33-2)10-16-3-5-20(6-4-16)34-27(31)28-13-17-7-18(14-28)9-19(8-17)15-28/h3-6,10-12,17-19H,7-9,13-15H2,1-2H3,(H,29,30)/b22-10-. The number of carbonyl (C=O) groups is 2. The number of fused-ring (bicyclic) bond motifs is 1. The Bertz CT molecular complexity index is 1160. The van der Waals surface area contributed by atoms with Crippen LogP contribution in [0.15, 0.2) is 36.4 Å². The number of anilines is 1. The summed E-state index contributed by atoms with van der Waals surface area (Å²) >= 11 is 0. The van der Waals surface area contributed by atoms with Crippen LogP contribution in [0.5, 0.6) is 17.2 Å². The zero-order valence-corrected chi connectivity index (χ0v) is 19.6. The number of amides is 1. The van der Waals surface area contributed by atoms with Gasteiger partial charge < -0.3 is 19.5 Å². The first-order valence-corrected chi connectivity index (χ1v) is 12.1. The normalized spacial score (nSPS) is 29.6. The monoisotopic (exact) mass is 459 g/mol. The van der Waals surface area contributed by atoms with Gasteiger partial charge in [0.25, 0.3) is 5.91 Å². The molecule has 6 nitrogen and oxygen atoms in total. The number of hydrogen-bond acceptors (Lipinski definition) is 5. The van der Waals surface area contributed by atoms with Crippen molar-refractivity contribution in [2.45, 2.75) is 38.5 Å². The molecule has 4 saturated carbocycles. The van der Waals surface area contributed by atoms with Crippen LogP contribution in [0.2, 0.25) is 0 Å². The van der Waals surface area contributed by atoms with Crippen LogP contribution in [0.1, 0.15) is 49.7 Å². The maximum absolute atomic E-state index is 13.2. The second-order valence-electron chi connectivity index (χ2n) is 10.4. The highest BCUT2D eigenvalue weighted by Crippen LogP contribution is 2.60. The first-order chi connectivity index (χ1) is 16.5. The van der Waals surface area contributed by atoms with Crippen LogP contribution in [0.25, 0.3) is 11.6 Å². The van der Waals surface area contributed by atoms with E-state index < -0.39 is 0 Å². The van der Waals surface area contributed by atoms with E-state index in [1.807, 2.05) is 30.3 Å². The Kier molecular flexibility index (Phi) is 4.94. The number of methoxy groups -OCH3 is 2. The predicted molar refractivity (Wildman–Crippen MR) is 129 cm³/mol. The molecule has 1 heterocycles. The second-order valence-corrected chi connectivity index (χ2v) is 10.4. The first kappa shape index (κ1) is 21.3. The van der Waals surface area contributed by atoms with Crippen LogP contribution in [0.3, 0.4) is 0 Å². The molecule has 0 unspecified atom stereocenters. The summed E-state index contributed by atoms with van der Waals surface area (Å²) in [6.07, 6.45) is 8.69. The van der Waals surface area contributed by atoms with E-state index >= 15 is 0 Å². The van der Waals surface area contributed by atoms with Gasteiger partial charge in [0.2, 0.25) is 0 Å². The molecule has 0 saturated heterocycles. The van der Waals surface area contributed by atoms with Gasteiger partial charge >= 0.3 is 5.97 Å². The van der Waals surface area contributed by atoms with Crippen molar-refractivity contribution in [3.8, 4) is 17.2 Å². The fraction of sp³-hybridized carbons (Fsp3) is 0.429. The van der Waals surface area contributed by atoms with E-state index in [4.69, 9.17) is 14.2 Å². The fourth-order valence-corrected chi connectivity index (χ4v) is 7.04. The largest absolute Gasteiger partial charge is 0.493 e. The number of benzene rings is 2. The molecule has 0 spiro atoms. The van der Waals surface area contributed by atoms with Gasteiger partial charge in [0.15, 0.2) is 11.5 Å². The number of rotatable bonds is 5. The van der Waals surface area contributed by atoms with E-state index in [1.54, 1.807) is 26.4 Å². The van der Waals surface area contributed by atoms with Crippen LogP contribution in [-0.4, -0.2) is 26.1 Å². The Labute approximate surface area is 199 Å². The van der Waals surface area contributed by atoms with Crippen molar-refractivity contribution in [1.29, 1.82) is 0 Å². The molecule has 176 valence electrons. The fourth-order valence-electron chi connectivity index (χ4n) is 7.04. The van der Waals surface area contributed by atoms with E-state index in [9.17, 15) is 9.59 Å². The zero-order chi connectivity index (χ0) is 23.4. The molecule has 2 aromatic rings. The molecule has 0 radical (unpaired) electrons. The Balaban J connectivity index is 1.21. The third kappa shape index (κ3) is 3.47. The number of esters is 1. The van der Waals surface area contributed by atoms with Gasteiger partial charge in [0.1, 0.15) is 5.75 Å². The van der Waals surface area contributed by atoms with E-state index in [2.05, 4.69) is 5.32 Å². The maximum Gasteiger partial charge on any atom is 0.317 e. The first-order valence-electron chi connectivity index (χ1n) is 12.1. The van der Waals surface area contributed by atoms with Crippen molar-refractivity contribution in [3.63, 3.8) is 0 Å². The number of ether oxygens (including phenoxy) is 3. The average Bonchev–Trinajstić information content (AvgIpc) is 3.12. The number of nitrogens with one attached hydrogen (secondary N) is 1. The van der Waals surface area contributed by atoms with Crippen LogP contribution in [-0.2, 0) is 9.59 Å². The van der Waals surface area contributed by atoms with Crippen molar-refractivity contribution in [2.24, 2.45) is 23.2 Å². The molecule has 7 rings (SSSR count). The second kappa shape index (κ2) is 7.90. The summed E-state index contributed by atoms with van der Waals surface area (Å²) in [5.74, 6) is 3.56. The lowest BCUT2D eigenvalue weighted by Crippen LogP contribution is -2.51. The molecule has 4 bridgehead atoms. The van der Waals surface area contributed by atoms with Crippen molar-refractivity contribution in [2.75, 3.05) is 19.5 Å². The molecule has 6 heteroatoms. The van der Waals surface area contributed by atoms with Crippen LogP contribution < -0.4 is 19.5 Å². The predicted octanol–water partition coefficient (Wildman–Crippen LogP) is 5.32. The Hall–Kier alpha value is -3.28. The van der Waals surface area contributed by atoms with Crippen LogP contribution in [0.4, 0.5) is 5.69 Å². The molecule has 1 aliphatic heterocycles. The molecule has 1 amide bonds. The molecule has 1 N–H and O–H groups in total. The Morgan fingerprint density at radius 1 is 0.941 bits per heavy atom. The average molecular weight is 460 g/mol. The van der Waals surface area contributed by atoms with Gasteiger partial charge in [-0.15, -0.1) is 0 Å². The van der Waals surface area contributed by atoms with Crippen molar-refractivity contribution >= 4 is 29.2 Å². The van der Waals surface area contributed by atoms with Gasteiger partial charge in [-0.25, -0.2) is 0 Å². The third-order valence-electron chi connectivity index (χ3n) is 8.18. The summed E-state index contributed by atoms with van der Waals surface area (Å²) in [4.78, 5) is 25.8. The SMILES string of the molecule is COc1cc2c(cc1OC)/C(=C/c1ccc(OC(=O)C34CC5CC(CC(C5)C3)C4)cc1)C(=O)N2. The lowest BCUT2D eigenvalue weighted by Gasteiger charge is -2.55. The van der Waals surface area contributed by atoms with E-state index in [1.165, 1.54) is 19.3 Å². The summed E-state index contributed by atoms with van der Waals surface area (Å²) in [5.41, 5.74) is 2.58. The summed E-state index contributed by atoms with van der Waals surface area (Å²) in [6.45, 7) is 0. The summed E-state index contributed by atoms with van der Waals surface area (Å²) in [6, 6.07) is 10.9. The lowest BCUT2D eigenvalue weighted by atomic mass is 9.49. The van der Waals surface area contributed by atoms with Crippen LogP contribution in [0, 0.1) is 23.2 Å². The molecular weight excluding hydrogens is 430 g/mol. The minimum Gasteiger partial charge on any atom is -0.493 e. The highest BCUT2D eigenvalue weighted by Gasteiger charge is 2.55. The summed E-state index contributed by atoms with van der Waals surface area (Å²) in [5, 5.41) is 2.88. The quantitative estimate of drug-likeness (QED) is 0.372. The zero-order valence-electron chi connectivity index (χ0n) is 19.6. The Morgan fingerprint density at radius 3 is 2.12 bits per heavy atom. The molecule has 0 aromatic heterocycles. The summed E-state index contributed by atoms with van der Waals surface area (Å²) in [7, 11) is 3.14. The topological polar surface area (TPSA) is 73.9 Å². The molecule has 5 aliphatic rings. The molecular formula is C28H29NO5. The van der Waals surface area contributed by atoms with Crippen molar-refractivity contribution < 1.29 is 23.8 Å². The number of carbonyl (C=O) groups excluding carboxylic acids is 2. The van der Waals surface area contributed by atoms with E-state index in [0.717, 1.165) is 30.4 Å². The van der Waals surface area contributed by atoms with E-state index in [-0.39, 0.29) is 17.3 Å². The van der Waals surface area contributed by atoms with Crippen LogP contribution >= 0.6 is 0 Å². The lowest BCUT2D eigenvalue weighted by molar-refractivity contribution is -0.161. The smallest absolute Gasteiger partial charge is 0.317 e. The number of hydrogen-bond donors (Lipinski definition) is 1. The van der Waals surface area contributed by atoms with Gasteiger partial charge in [0.05, 0.1) is 25.3 Å². The minimum atomic E-state index is -0.277. The van der Waals surface area contributed by atoms with Gasteiger partial charge in [-0.3, -0.25) is 9.59 Å². The Morgan fingerprint density at radius 2 is 1.53 bits per heavy atom.